The fourth-order valence-electron chi connectivity index (χ4n) is 1.82. The lowest BCUT2D eigenvalue weighted by molar-refractivity contribution is 0.0948. The van der Waals surface area contributed by atoms with Crippen molar-refractivity contribution in [3.63, 3.8) is 0 Å². The molecule has 1 aromatic heterocycles. The van der Waals surface area contributed by atoms with Crippen molar-refractivity contribution in [2.45, 2.75) is 39.5 Å². The van der Waals surface area contributed by atoms with E-state index in [1.54, 1.807) is 6.20 Å². The number of hydrogen-bond acceptors (Lipinski definition) is 5. The van der Waals surface area contributed by atoms with Crippen LogP contribution in [0.5, 0.6) is 0 Å². The molecule has 6 heteroatoms. The molecule has 2 N–H and O–H groups in total. The van der Waals surface area contributed by atoms with Crippen LogP contribution in [0.4, 0.5) is 5.69 Å². The summed E-state index contributed by atoms with van der Waals surface area (Å²) in [7, 11) is 0. The Hall–Kier alpha value is -1.30. The van der Waals surface area contributed by atoms with Crippen LogP contribution in [-0.2, 0) is 0 Å². The first kappa shape index (κ1) is 17.8. The maximum Gasteiger partial charge on any atom is 0.272 e. The molecule has 0 fully saturated rings. The number of nitrogens with zero attached hydrogens (tertiary/aromatic N) is 2. The van der Waals surface area contributed by atoms with Crippen LogP contribution in [0.3, 0.4) is 0 Å². The number of nitrogens with one attached hydrogen (secondary N) is 2. The van der Waals surface area contributed by atoms with Crippen LogP contribution in [0.1, 0.15) is 55.8 Å². The Kier molecular flexibility index (Phi) is 8.12. The van der Waals surface area contributed by atoms with Crippen molar-refractivity contribution in [1.82, 2.24) is 15.3 Å². The van der Waals surface area contributed by atoms with Crippen molar-refractivity contribution < 1.29 is 4.79 Å². The smallest absolute Gasteiger partial charge is 0.272 e. The summed E-state index contributed by atoms with van der Waals surface area (Å²) in [5, 5.41) is 6.09. The molecule has 5 nitrogen and oxygen atoms in total. The van der Waals surface area contributed by atoms with Crippen LogP contribution in [-0.4, -0.2) is 41.0 Å². The average Bonchev–Trinajstić information content (AvgIpc) is 2.47. The van der Waals surface area contributed by atoms with Gasteiger partial charge in [0.2, 0.25) is 0 Å². The molecule has 1 heterocycles. The molecule has 0 saturated carbocycles. The second kappa shape index (κ2) is 9.60. The van der Waals surface area contributed by atoms with Crippen LogP contribution >= 0.6 is 11.8 Å². The number of rotatable bonds is 9. The molecule has 0 aliphatic carbocycles. The normalized spacial score (nSPS) is 10.7. The number of thioether (sulfide) groups is 1. The van der Waals surface area contributed by atoms with E-state index in [2.05, 4.69) is 26.9 Å². The second-order valence-corrected chi connectivity index (χ2v) is 6.12. The third-order valence-electron chi connectivity index (χ3n) is 2.97. The summed E-state index contributed by atoms with van der Waals surface area (Å²) in [6, 6.07) is 0. The fraction of sp³-hybridized carbons (Fsp3) is 0.667. The minimum absolute atomic E-state index is 0.126. The molecule has 0 bridgehead atoms. The molecule has 0 aliphatic heterocycles. The van der Waals surface area contributed by atoms with Gasteiger partial charge in [-0.3, -0.25) is 4.79 Å². The number of carbonyl (C=O) groups excluding carboxylic acids is 1. The van der Waals surface area contributed by atoms with Gasteiger partial charge in [0, 0.05) is 19.0 Å². The summed E-state index contributed by atoms with van der Waals surface area (Å²) >= 11 is 1.83. The largest absolute Gasteiger partial charge is 0.382 e. The van der Waals surface area contributed by atoms with Gasteiger partial charge in [0.05, 0.1) is 11.9 Å². The minimum Gasteiger partial charge on any atom is -0.382 e. The van der Waals surface area contributed by atoms with Crippen LogP contribution < -0.4 is 10.6 Å². The van der Waals surface area contributed by atoms with Crippen molar-refractivity contribution in [3.8, 4) is 0 Å². The second-order valence-electron chi connectivity index (χ2n) is 5.13. The van der Waals surface area contributed by atoms with Gasteiger partial charge >= 0.3 is 0 Å². The Morgan fingerprint density at radius 1 is 1.38 bits per heavy atom. The predicted molar refractivity (Wildman–Crippen MR) is 90.2 cm³/mol. The lowest BCUT2D eigenvalue weighted by atomic mass is 10.2. The summed E-state index contributed by atoms with van der Waals surface area (Å²) in [6.07, 6.45) is 5.90. The summed E-state index contributed by atoms with van der Waals surface area (Å²) in [5.74, 6) is 1.90. The van der Waals surface area contributed by atoms with Gasteiger partial charge in [-0.15, -0.1) is 0 Å². The number of hydrogen-bond donors (Lipinski definition) is 2. The van der Waals surface area contributed by atoms with Gasteiger partial charge in [0.25, 0.3) is 5.91 Å². The van der Waals surface area contributed by atoms with Gasteiger partial charge in [0.15, 0.2) is 5.69 Å². The maximum atomic E-state index is 12.3. The van der Waals surface area contributed by atoms with Crippen molar-refractivity contribution in [2.75, 3.05) is 30.4 Å². The first-order chi connectivity index (χ1) is 10.1. The van der Waals surface area contributed by atoms with E-state index in [9.17, 15) is 4.79 Å². The molecule has 0 atom stereocenters. The summed E-state index contributed by atoms with van der Waals surface area (Å²) in [4.78, 5) is 21.0. The summed E-state index contributed by atoms with van der Waals surface area (Å²) < 4.78 is 0. The van der Waals surface area contributed by atoms with Crippen LogP contribution in [0.15, 0.2) is 6.20 Å². The van der Waals surface area contributed by atoms with Crippen LogP contribution in [0, 0.1) is 0 Å². The van der Waals surface area contributed by atoms with Gasteiger partial charge in [-0.2, -0.15) is 11.8 Å². The zero-order valence-electron chi connectivity index (χ0n) is 13.4. The van der Waals surface area contributed by atoms with E-state index < -0.39 is 0 Å². The number of unbranched alkanes of at least 4 members (excludes halogenated alkanes) is 1. The Morgan fingerprint density at radius 3 is 2.76 bits per heavy atom. The number of carbonyl (C=O) groups is 1. The third kappa shape index (κ3) is 5.91. The third-order valence-corrected chi connectivity index (χ3v) is 3.66. The van der Waals surface area contributed by atoms with E-state index >= 15 is 0 Å². The molecule has 21 heavy (non-hydrogen) atoms. The van der Waals surface area contributed by atoms with E-state index in [4.69, 9.17) is 0 Å². The zero-order chi connectivity index (χ0) is 15.7. The van der Waals surface area contributed by atoms with Gasteiger partial charge < -0.3 is 10.6 Å². The Morgan fingerprint density at radius 2 is 2.14 bits per heavy atom. The molecular formula is C15H26N4OS. The fourth-order valence-corrected chi connectivity index (χ4v) is 2.32. The van der Waals surface area contributed by atoms with Gasteiger partial charge in [-0.05, 0) is 31.8 Å². The SMILES string of the molecule is CCNc1cnc(C(C)C)nc1C(=O)NCCCCSC. The highest BCUT2D eigenvalue weighted by molar-refractivity contribution is 7.98. The monoisotopic (exact) mass is 310 g/mol. The number of aromatic nitrogens is 2. The molecule has 0 spiro atoms. The Bertz CT molecular complexity index is 451. The van der Waals surface area contributed by atoms with E-state index in [1.807, 2.05) is 32.5 Å². The quantitative estimate of drug-likeness (QED) is 0.687. The van der Waals surface area contributed by atoms with Crippen LogP contribution in [0.25, 0.3) is 0 Å². The lowest BCUT2D eigenvalue weighted by Crippen LogP contribution is -2.27. The highest BCUT2D eigenvalue weighted by atomic mass is 32.2. The summed E-state index contributed by atoms with van der Waals surface area (Å²) in [6.45, 7) is 7.45. The Labute approximate surface area is 131 Å². The lowest BCUT2D eigenvalue weighted by Gasteiger charge is -2.12. The average molecular weight is 310 g/mol. The molecule has 0 saturated heterocycles. The maximum absolute atomic E-state index is 12.3. The highest BCUT2D eigenvalue weighted by Crippen LogP contribution is 2.16. The van der Waals surface area contributed by atoms with Crippen LogP contribution in [0.2, 0.25) is 0 Å². The minimum atomic E-state index is -0.126. The van der Waals surface area contributed by atoms with Crippen molar-refractivity contribution in [2.24, 2.45) is 0 Å². The zero-order valence-corrected chi connectivity index (χ0v) is 14.2. The molecule has 0 aliphatic rings. The van der Waals surface area contributed by atoms with Gasteiger partial charge in [0.1, 0.15) is 5.82 Å². The highest BCUT2D eigenvalue weighted by Gasteiger charge is 2.15. The topological polar surface area (TPSA) is 66.9 Å². The molecule has 1 aromatic rings. The number of anilines is 1. The van der Waals surface area contributed by atoms with E-state index in [0.717, 1.165) is 25.1 Å². The number of amides is 1. The van der Waals surface area contributed by atoms with Crippen molar-refractivity contribution >= 4 is 23.4 Å². The van der Waals surface area contributed by atoms with E-state index in [1.165, 1.54) is 0 Å². The Balaban J connectivity index is 2.72. The van der Waals surface area contributed by atoms with Gasteiger partial charge in [-0.25, -0.2) is 9.97 Å². The summed E-state index contributed by atoms with van der Waals surface area (Å²) in [5.41, 5.74) is 1.14. The van der Waals surface area contributed by atoms with Gasteiger partial charge in [-0.1, -0.05) is 13.8 Å². The first-order valence-corrected chi connectivity index (χ1v) is 8.87. The standard InChI is InChI=1S/C15H26N4OS/c1-5-16-12-10-18-14(11(2)3)19-13(12)15(20)17-8-6-7-9-21-4/h10-11,16H,5-9H2,1-4H3,(H,17,20). The molecule has 0 radical (unpaired) electrons. The predicted octanol–water partition coefficient (Wildman–Crippen LogP) is 2.90. The van der Waals surface area contributed by atoms with Crippen molar-refractivity contribution in [1.29, 1.82) is 0 Å². The molecule has 0 unspecified atom stereocenters. The molecular weight excluding hydrogens is 284 g/mol. The van der Waals surface area contributed by atoms with E-state index in [0.29, 0.717) is 23.8 Å². The van der Waals surface area contributed by atoms with Crippen molar-refractivity contribution in [3.05, 3.63) is 17.7 Å². The molecule has 1 rings (SSSR count). The first-order valence-electron chi connectivity index (χ1n) is 7.48. The van der Waals surface area contributed by atoms with E-state index in [-0.39, 0.29) is 11.8 Å². The molecule has 0 aromatic carbocycles. The molecule has 1 amide bonds. The molecule has 118 valence electrons.